The molecule has 24 heavy (non-hydrogen) atoms. The minimum atomic E-state index is 0.137. The molecule has 130 valence electrons. The van der Waals surface area contributed by atoms with Gasteiger partial charge in [0.2, 0.25) is 5.91 Å². The number of nitrogens with two attached hydrogens (primary N) is 1. The Hall–Kier alpha value is -1.55. The quantitative estimate of drug-likeness (QED) is 0.924. The first-order valence-electron chi connectivity index (χ1n) is 9.51. The van der Waals surface area contributed by atoms with Crippen LogP contribution in [0.15, 0.2) is 18.2 Å². The lowest BCUT2D eigenvalue weighted by molar-refractivity contribution is -0.138. The maximum atomic E-state index is 13.2. The topological polar surface area (TPSA) is 55.6 Å². The summed E-state index contributed by atoms with van der Waals surface area (Å²) in [6.45, 7) is 1.52. The van der Waals surface area contributed by atoms with E-state index in [0.29, 0.717) is 11.9 Å². The molecule has 1 aliphatic heterocycles. The van der Waals surface area contributed by atoms with Crippen molar-refractivity contribution in [1.82, 2.24) is 4.90 Å². The minimum Gasteiger partial charge on any atom is -0.493 e. The lowest BCUT2D eigenvalue weighted by atomic mass is 10.0. The second-order valence-electron chi connectivity index (χ2n) is 7.72. The summed E-state index contributed by atoms with van der Waals surface area (Å²) in [6.07, 6.45) is 8.59. The standard InChI is InChI=1S/C20H28N2O2/c21-17-7-6-16(12-17)20(23)22(18-3-1-2-4-18)13-14-5-8-19-15(11-14)9-10-24-19/h5,8,11,16-18H,1-4,6-7,9-10,12-13,21H2. The normalized spacial score (nSPS) is 26.4. The largest absolute Gasteiger partial charge is 0.493 e. The summed E-state index contributed by atoms with van der Waals surface area (Å²) in [5.74, 6) is 1.49. The van der Waals surface area contributed by atoms with Gasteiger partial charge in [0.05, 0.1) is 6.61 Å². The molecule has 2 unspecified atom stereocenters. The fourth-order valence-electron chi connectivity index (χ4n) is 4.61. The first-order valence-corrected chi connectivity index (χ1v) is 9.51. The van der Waals surface area contributed by atoms with Crippen molar-refractivity contribution in [1.29, 1.82) is 0 Å². The molecule has 4 heteroatoms. The first-order chi connectivity index (χ1) is 11.7. The molecule has 2 saturated carbocycles. The molecule has 0 saturated heterocycles. The Balaban J connectivity index is 1.53. The van der Waals surface area contributed by atoms with Crippen LogP contribution in [-0.4, -0.2) is 29.5 Å². The van der Waals surface area contributed by atoms with Gasteiger partial charge >= 0.3 is 0 Å². The van der Waals surface area contributed by atoms with Crippen LogP contribution in [0.3, 0.4) is 0 Å². The molecule has 0 radical (unpaired) electrons. The zero-order chi connectivity index (χ0) is 16.5. The minimum absolute atomic E-state index is 0.137. The van der Waals surface area contributed by atoms with Crippen LogP contribution in [0.5, 0.6) is 5.75 Å². The summed E-state index contributed by atoms with van der Waals surface area (Å²) in [6, 6.07) is 7.05. The molecule has 2 atom stereocenters. The van der Waals surface area contributed by atoms with Crippen molar-refractivity contribution >= 4 is 5.91 Å². The molecule has 2 aliphatic carbocycles. The third-order valence-electron chi connectivity index (χ3n) is 5.98. The number of hydrogen-bond donors (Lipinski definition) is 1. The van der Waals surface area contributed by atoms with Crippen molar-refractivity contribution in [2.45, 2.75) is 70.0 Å². The number of hydrogen-bond acceptors (Lipinski definition) is 3. The van der Waals surface area contributed by atoms with Gasteiger partial charge in [0.15, 0.2) is 0 Å². The maximum Gasteiger partial charge on any atom is 0.226 e. The fraction of sp³-hybridized carbons (Fsp3) is 0.650. The van der Waals surface area contributed by atoms with Crippen LogP contribution in [0.1, 0.15) is 56.1 Å². The second-order valence-corrected chi connectivity index (χ2v) is 7.72. The molecule has 3 aliphatic rings. The molecule has 1 aromatic carbocycles. The van der Waals surface area contributed by atoms with Gasteiger partial charge in [-0.2, -0.15) is 0 Å². The Bertz CT molecular complexity index is 610. The zero-order valence-electron chi connectivity index (χ0n) is 14.4. The summed E-state index contributed by atoms with van der Waals surface area (Å²) in [7, 11) is 0. The summed E-state index contributed by atoms with van der Waals surface area (Å²) in [4.78, 5) is 15.3. The molecule has 0 aromatic heterocycles. The van der Waals surface area contributed by atoms with Crippen molar-refractivity contribution in [2.75, 3.05) is 6.61 Å². The molecular weight excluding hydrogens is 300 g/mol. The van der Waals surface area contributed by atoms with Crippen LogP contribution in [0.25, 0.3) is 0 Å². The molecule has 4 nitrogen and oxygen atoms in total. The summed E-state index contributed by atoms with van der Waals surface area (Å²) >= 11 is 0. The maximum absolute atomic E-state index is 13.2. The van der Waals surface area contributed by atoms with E-state index >= 15 is 0 Å². The number of ether oxygens (including phenoxy) is 1. The average molecular weight is 328 g/mol. The van der Waals surface area contributed by atoms with E-state index in [9.17, 15) is 4.79 Å². The molecule has 0 bridgehead atoms. The van der Waals surface area contributed by atoms with Crippen LogP contribution in [-0.2, 0) is 17.8 Å². The predicted molar refractivity (Wildman–Crippen MR) is 93.8 cm³/mol. The Labute approximate surface area is 144 Å². The van der Waals surface area contributed by atoms with Crippen molar-refractivity contribution in [2.24, 2.45) is 11.7 Å². The predicted octanol–water partition coefficient (Wildman–Crippen LogP) is 3.02. The molecule has 1 heterocycles. The molecule has 2 N–H and O–H groups in total. The van der Waals surface area contributed by atoms with Crippen molar-refractivity contribution in [3.8, 4) is 5.75 Å². The van der Waals surface area contributed by atoms with Gasteiger partial charge in [-0.1, -0.05) is 25.0 Å². The van der Waals surface area contributed by atoms with Gasteiger partial charge in [-0.25, -0.2) is 0 Å². The number of benzene rings is 1. The Morgan fingerprint density at radius 3 is 2.79 bits per heavy atom. The van der Waals surface area contributed by atoms with E-state index in [1.165, 1.54) is 24.0 Å². The van der Waals surface area contributed by atoms with Crippen molar-refractivity contribution in [3.63, 3.8) is 0 Å². The smallest absolute Gasteiger partial charge is 0.226 e. The van der Waals surface area contributed by atoms with E-state index in [1.807, 2.05) is 0 Å². The fourth-order valence-corrected chi connectivity index (χ4v) is 4.61. The molecule has 4 rings (SSSR count). The lowest BCUT2D eigenvalue weighted by Crippen LogP contribution is -2.41. The number of carbonyl (C=O) groups excluding carboxylic acids is 1. The van der Waals surface area contributed by atoms with E-state index in [0.717, 1.165) is 57.4 Å². The highest BCUT2D eigenvalue weighted by molar-refractivity contribution is 5.79. The summed E-state index contributed by atoms with van der Waals surface area (Å²) < 4.78 is 5.60. The molecule has 1 aromatic rings. The average Bonchev–Trinajstić information content (AvgIpc) is 3.32. The molecule has 1 amide bonds. The van der Waals surface area contributed by atoms with Gasteiger partial charge in [-0.3, -0.25) is 4.79 Å². The van der Waals surface area contributed by atoms with Crippen molar-refractivity contribution < 1.29 is 9.53 Å². The van der Waals surface area contributed by atoms with Gasteiger partial charge in [0, 0.05) is 31.0 Å². The third-order valence-corrected chi connectivity index (χ3v) is 5.98. The number of carbonyl (C=O) groups is 1. The van der Waals surface area contributed by atoms with Crippen LogP contribution in [0.4, 0.5) is 0 Å². The second kappa shape index (κ2) is 6.75. The van der Waals surface area contributed by atoms with E-state index < -0.39 is 0 Å². The lowest BCUT2D eigenvalue weighted by Gasteiger charge is -2.31. The number of nitrogens with zero attached hydrogens (tertiary/aromatic N) is 1. The van der Waals surface area contributed by atoms with Crippen LogP contribution in [0.2, 0.25) is 0 Å². The Kier molecular flexibility index (Phi) is 4.49. The number of amides is 1. The van der Waals surface area contributed by atoms with Gasteiger partial charge in [0.1, 0.15) is 5.75 Å². The molecule has 0 spiro atoms. The van der Waals surface area contributed by atoms with Crippen LogP contribution >= 0.6 is 0 Å². The molecule has 2 fully saturated rings. The Morgan fingerprint density at radius 2 is 2.04 bits per heavy atom. The zero-order valence-corrected chi connectivity index (χ0v) is 14.4. The van der Waals surface area contributed by atoms with Crippen molar-refractivity contribution in [3.05, 3.63) is 29.3 Å². The first kappa shape index (κ1) is 15.9. The van der Waals surface area contributed by atoms with Gasteiger partial charge in [-0.15, -0.1) is 0 Å². The van der Waals surface area contributed by atoms with E-state index in [-0.39, 0.29) is 12.0 Å². The van der Waals surface area contributed by atoms with E-state index in [2.05, 4.69) is 23.1 Å². The summed E-state index contributed by atoms with van der Waals surface area (Å²) in [5.41, 5.74) is 8.57. The number of fused-ring (bicyclic) bond motifs is 1. The summed E-state index contributed by atoms with van der Waals surface area (Å²) in [5, 5.41) is 0. The highest BCUT2D eigenvalue weighted by Gasteiger charge is 2.35. The Morgan fingerprint density at radius 1 is 1.21 bits per heavy atom. The highest BCUT2D eigenvalue weighted by Crippen LogP contribution is 2.32. The highest BCUT2D eigenvalue weighted by atomic mass is 16.5. The van der Waals surface area contributed by atoms with Gasteiger partial charge < -0.3 is 15.4 Å². The molecular formula is C20H28N2O2. The SMILES string of the molecule is NC1CCC(C(=O)N(Cc2ccc3c(c2)CCO3)C2CCCC2)C1. The van der Waals surface area contributed by atoms with Crippen LogP contribution in [0, 0.1) is 5.92 Å². The van der Waals surface area contributed by atoms with Gasteiger partial charge in [0.25, 0.3) is 0 Å². The monoisotopic (exact) mass is 328 g/mol. The van der Waals surface area contributed by atoms with Crippen LogP contribution < -0.4 is 10.5 Å². The third kappa shape index (κ3) is 3.16. The van der Waals surface area contributed by atoms with E-state index in [1.54, 1.807) is 0 Å². The number of rotatable bonds is 4. The van der Waals surface area contributed by atoms with Gasteiger partial charge in [-0.05, 0) is 49.3 Å². The van der Waals surface area contributed by atoms with E-state index in [4.69, 9.17) is 10.5 Å².